The van der Waals surface area contributed by atoms with Crippen molar-refractivity contribution in [3.63, 3.8) is 0 Å². The van der Waals surface area contributed by atoms with Crippen molar-refractivity contribution in [1.82, 2.24) is 10.6 Å². The van der Waals surface area contributed by atoms with Crippen LogP contribution in [-0.2, 0) is 19.4 Å². The monoisotopic (exact) mass is 342 g/mol. The summed E-state index contributed by atoms with van der Waals surface area (Å²) in [5.74, 6) is -1.57. The van der Waals surface area contributed by atoms with Gasteiger partial charge in [-0.3, -0.25) is 10.1 Å². The molecule has 1 aromatic carbocycles. The third-order valence-electron chi connectivity index (χ3n) is 2.75. The van der Waals surface area contributed by atoms with E-state index in [4.69, 9.17) is 4.74 Å². The molecule has 126 valence electrons. The Kier molecular flexibility index (Phi) is 6.26. The van der Waals surface area contributed by atoms with Crippen LogP contribution in [0.25, 0.3) is 0 Å². The molecular formula is C14H18N2O6S. The van der Waals surface area contributed by atoms with Gasteiger partial charge in [0.25, 0.3) is 5.91 Å². The van der Waals surface area contributed by atoms with Crippen molar-refractivity contribution in [2.75, 3.05) is 12.8 Å². The minimum atomic E-state index is -3.36. The van der Waals surface area contributed by atoms with E-state index in [1.807, 2.05) is 5.32 Å². The first-order valence-corrected chi connectivity index (χ1v) is 8.64. The van der Waals surface area contributed by atoms with Gasteiger partial charge in [0.2, 0.25) is 0 Å². The molecule has 2 N–H and O–H groups in total. The molecule has 1 aromatic rings. The van der Waals surface area contributed by atoms with Crippen molar-refractivity contribution in [1.29, 1.82) is 0 Å². The smallest absolute Gasteiger partial charge is 0.338 e. The Morgan fingerprint density at radius 1 is 1.17 bits per heavy atom. The number of hydrogen-bond acceptors (Lipinski definition) is 6. The molecule has 0 bridgehead atoms. The maximum atomic E-state index is 11.9. The second kappa shape index (κ2) is 7.73. The normalized spacial score (nSPS) is 12.1. The molecule has 0 aliphatic rings. The number of carbonyl (C=O) groups excluding carboxylic acids is 3. The first-order chi connectivity index (χ1) is 10.6. The fourth-order valence-electron chi connectivity index (χ4n) is 1.54. The molecule has 9 heteroatoms. The lowest BCUT2D eigenvalue weighted by atomic mass is 10.2. The van der Waals surface area contributed by atoms with Gasteiger partial charge >= 0.3 is 12.0 Å². The van der Waals surface area contributed by atoms with Crippen molar-refractivity contribution in [3.8, 4) is 0 Å². The van der Waals surface area contributed by atoms with Crippen LogP contribution in [0.1, 0.15) is 24.2 Å². The van der Waals surface area contributed by atoms with Gasteiger partial charge in [0.15, 0.2) is 15.9 Å². The fraction of sp³-hybridized carbons (Fsp3) is 0.357. The van der Waals surface area contributed by atoms with E-state index in [1.54, 1.807) is 6.92 Å². The van der Waals surface area contributed by atoms with E-state index in [9.17, 15) is 22.8 Å². The van der Waals surface area contributed by atoms with E-state index in [0.717, 1.165) is 6.26 Å². The van der Waals surface area contributed by atoms with E-state index in [1.165, 1.54) is 31.2 Å². The number of benzene rings is 1. The number of sulfone groups is 1. The zero-order chi connectivity index (χ0) is 17.6. The summed E-state index contributed by atoms with van der Waals surface area (Å²) in [6.45, 7) is 3.35. The molecule has 0 saturated heterocycles. The van der Waals surface area contributed by atoms with Crippen molar-refractivity contribution in [2.24, 2.45) is 0 Å². The molecule has 0 aliphatic carbocycles. The van der Waals surface area contributed by atoms with Crippen LogP contribution in [0.2, 0.25) is 0 Å². The number of hydrogen-bond donors (Lipinski definition) is 2. The summed E-state index contributed by atoms with van der Waals surface area (Å²) in [6.07, 6.45) is -0.131. The summed E-state index contributed by atoms with van der Waals surface area (Å²) in [5, 5.41) is 4.39. The van der Waals surface area contributed by atoms with Crippen LogP contribution in [-0.4, -0.2) is 45.2 Å². The highest BCUT2D eigenvalue weighted by atomic mass is 32.2. The second-order valence-corrected chi connectivity index (χ2v) is 6.71. The standard InChI is InChI=1S/C14H18N2O6S/c1-4-15-14(19)16-12(17)9(2)22-13(18)10-5-7-11(8-6-10)23(3,20)21/h5-9H,4H2,1-3H3,(H2,15,16,17,19)/t9-/m1/s1. The van der Waals surface area contributed by atoms with Crippen LogP contribution < -0.4 is 10.6 Å². The molecule has 0 spiro atoms. The molecule has 1 rings (SSSR count). The average molecular weight is 342 g/mol. The summed E-state index contributed by atoms with van der Waals surface area (Å²) in [5.41, 5.74) is 0.0926. The van der Waals surface area contributed by atoms with Crippen molar-refractivity contribution >= 4 is 27.7 Å². The lowest BCUT2D eigenvalue weighted by molar-refractivity contribution is -0.127. The molecule has 1 atom stereocenters. The van der Waals surface area contributed by atoms with Crippen LogP contribution in [0.4, 0.5) is 4.79 Å². The van der Waals surface area contributed by atoms with Gasteiger partial charge < -0.3 is 10.1 Å². The predicted molar refractivity (Wildman–Crippen MR) is 81.6 cm³/mol. The summed E-state index contributed by atoms with van der Waals surface area (Å²) in [4.78, 5) is 34.8. The zero-order valence-electron chi connectivity index (χ0n) is 13.0. The van der Waals surface area contributed by atoms with Crippen LogP contribution in [0, 0.1) is 0 Å². The lowest BCUT2D eigenvalue weighted by Gasteiger charge is -2.13. The molecule has 0 fully saturated rings. The number of amides is 3. The van der Waals surface area contributed by atoms with Gasteiger partial charge in [-0.05, 0) is 38.1 Å². The van der Waals surface area contributed by atoms with Gasteiger partial charge in [-0.25, -0.2) is 18.0 Å². The fourth-order valence-corrected chi connectivity index (χ4v) is 2.17. The SMILES string of the molecule is CCNC(=O)NC(=O)[C@@H](C)OC(=O)c1ccc(S(C)(=O)=O)cc1. The third-order valence-corrected chi connectivity index (χ3v) is 3.87. The van der Waals surface area contributed by atoms with E-state index in [2.05, 4.69) is 5.32 Å². The lowest BCUT2D eigenvalue weighted by Crippen LogP contribution is -2.44. The number of esters is 1. The number of nitrogens with one attached hydrogen (secondary N) is 2. The van der Waals surface area contributed by atoms with Crippen LogP contribution in [0.5, 0.6) is 0 Å². The highest BCUT2D eigenvalue weighted by Crippen LogP contribution is 2.11. The molecule has 0 heterocycles. The van der Waals surface area contributed by atoms with Gasteiger partial charge in [-0.15, -0.1) is 0 Å². The predicted octanol–water partition coefficient (Wildman–Crippen LogP) is 0.481. The summed E-state index contributed by atoms with van der Waals surface area (Å²) in [6, 6.07) is 4.43. The van der Waals surface area contributed by atoms with Crippen molar-refractivity contribution in [3.05, 3.63) is 29.8 Å². The van der Waals surface area contributed by atoms with Gasteiger partial charge in [0.05, 0.1) is 10.5 Å². The van der Waals surface area contributed by atoms with Gasteiger partial charge in [-0.2, -0.15) is 0 Å². The zero-order valence-corrected chi connectivity index (χ0v) is 13.8. The average Bonchev–Trinajstić information content (AvgIpc) is 2.46. The Morgan fingerprint density at radius 2 is 1.74 bits per heavy atom. The Morgan fingerprint density at radius 3 is 2.22 bits per heavy atom. The van der Waals surface area contributed by atoms with Crippen LogP contribution in [0.15, 0.2) is 29.2 Å². The molecule has 23 heavy (non-hydrogen) atoms. The highest BCUT2D eigenvalue weighted by Gasteiger charge is 2.20. The van der Waals surface area contributed by atoms with Crippen LogP contribution in [0.3, 0.4) is 0 Å². The Hall–Kier alpha value is -2.42. The minimum Gasteiger partial charge on any atom is -0.449 e. The Bertz CT molecular complexity index is 696. The maximum absolute atomic E-state index is 11.9. The minimum absolute atomic E-state index is 0.0658. The topological polar surface area (TPSA) is 119 Å². The molecule has 0 aromatic heterocycles. The third kappa shape index (κ3) is 5.70. The largest absolute Gasteiger partial charge is 0.449 e. The quantitative estimate of drug-likeness (QED) is 0.751. The Balaban J connectivity index is 2.68. The second-order valence-electron chi connectivity index (χ2n) is 4.69. The van der Waals surface area contributed by atoms with Gasteiger partial charge in [-0.1, -0.05) is 0 Å². The van der Waals surface area contributed by atoms with Crippen molar-refractivity contribution in [2.45, 2.75) is 24.8 Å². The summed E-state index contributed by atoms with van der Waals surface area (Å²) in [7, 11) is -3.36. The number of carbonyl (C=O) groups is 3. The molecular weight excluding hydrogens is 324 g/mol. The molecule has 0 unspecified atom stereocenters. The van der Waals surface area contributed by atoms with Gasteiger partial charge in [0.1, 0.15) is 0 Å². The van der Waals surface area contributed by atoms with E-state index < -0.39 is 33.8 Å². The first-order valence-electron chi connectivity index (χ1n) is 6.75. The van der Waals surface area contributed by atoms with E-state index >= 15 is 0 Å². The van der Waals surface area contributed by atoms with Crippen LogP contribution >= 0.6 is 0 Å². The number of ether oxygens (including phenoxy) is 1. The molecule has 0 aliphatic heterocycles. The van der Waals surface area contributed by atoms with E-state index in [0.29, 0.717) is 6.54 Å². The number of urea groups is 1. The maximum Gasteiger partial charge on any atom is 0.338 e. The summed E-state index contributed by atoms with van der Waals surface area (Å²) >= 11 is 0. The highest BCUT2D eigenvalue weighted by molar-refractivity contribution is 7.90. The summed E-state index contributed by atoms with van der Waals surface area (Å²) < 4.78 is 27.6. The number of rotatable bonds is 5. The molecule has 3 amide bonds. The Labute approximate surface area is 134 Å². The van der Waals surface area contributed by atoms with Gasteiger partial charge in [0, 0.05) is 12.8 Å². The molecule has 8 nitrogen and oxygen atoms in total. The molecule has 0 saturated carbocycles. The molecule has 0 radical (unpaired) electrons. The number of imide groups is 1. The van der Waals surface area contributed by atoms with E-state index in [-0.39, 0.29) is 10.5 Å². The van der Waals surface area contributed by atoms with Crippen molar-refractivity contribution < 1.29 is 27.5 Å². The first kappa shape index (κ1) is 18.6.